The van der Waals surface area contributed by atoms with Crippen LogP contribution in [0.15, 0.2) is 48.7 Å². The molecule has 0 aliphatic rings. The summed E-state index contributed by atoms with van der Waals surface area (Å²) in [4.78, 5) is 22.5. The predicted octanol–water partition coefficient (Wildman–Crippen LogP) is 2.25. The normalized spacial score (nSPS) is 10.4. The standard InChI is InChI=1S/C17H14FN5O4/c1-27-16-6-5-11(7-14(16)18)9-19-17(24)15-10-22(21-20-15)12-3-2-4-13(8-12)23(25)26/h2-8,10H,9H2,1H3,(H,19,24). The van der Waals surface area contributed by atoms with Crippen LogP contribution in [0.5, 0.6) is 5.75 Å². The van der Waals surface area contributed by atoms with Crippen molar-refractivity contribution in [2.75, 3.05) is 7.11 Å². The lowest BCUT2D eigenvalue weighted by Gasteiger charge is -2.06. The first-order chi connectivity index (χ1) is 13.0. The topological polar surface area (TPSA) is 112 Å². The van der Waals surface area contributed by atoms with Gasteiger partial charge >= 0.3 is 0 Å². The first kappa shape index (κ1) is 18.0. The van der Waals surface area contributed by atoms with Crippen molar-refractivity contribution in [3.8, 4) is 11.4 Å². The number of nitrogens with zero attached hydrogens (tertiary/aromatic N) is 4. The molecule has 0 fully saturated rings. The second-order valence-corrected chi connectivity index (χ2v) is 5.48. The Bertz CT molecular complexity index is 1000. The molecule has 0 atom stereocenters. The van der Waals surface area contributed by atoms with Gasteiger partial charge in [0.25, 0.3) is 11.6 Å². The van der Waals surface area contributed by atoms with Crippen molar-refractivity contribution in [1.82, 2.24) is 20.3 Å². The van der Waals surface area contributed by atoms with Crippen LogP contribution >= 0.6 is 0 Å². The van der Waals surface area contributed by atoms with Gasteiger partial charge in [-0.15, -0.1) is 5.10 Å². The molecule has 0 saturated carbocycles. The van der Waals surface area contributed by atoms with E-state index in [0.29, 0.717) is 11.3 Å². The van der Waals surface area contributed by atoms with Crippen LogP contribution in [0.25, 0.3) is 5.69 Å². The Kier molecular flexibility index (Phi) is 5.06. The van der Waals surface area contributed by atoms with E-state index in [0.717, 1.165) is 0 Å². The fourth-order valence-corrected chi connectivity index (χ4v) is 2.34. The van der Waals surface area contributed by atoms with E-state index in [2.05, 4.69) is 15.6 Å². The summed E-state index contributed by atoms with van der Waals surface area (Å²) >= 11 is 0. The van der Waals surface area contributed by atoms with Gasteiger partial charge in [0.15, 0.2) is 17.3 Å². The number of aromatic nitrogens is 3. The molecule has 1 amide bonds. The third kappa shape index (κ3) is 4.06. The molecular formula is C17H14FN5O4. The van der Waals surface area contributed by atoms with E-state index in [-0.39, 0.29) is 23.7 Å². The molecule has 0 radical (unpaired) electrons. The second kappa shape index (κ2) is 7.60. The molecular weight excluding hydrogens is 357 g/mol. The van der Waals surface area contributed by atoms with Gasteiger partial charge < -0.3 is 10.1 Å². The zero-order valence-electron chi connectivity index (χ0n) is 14.1. The van der Waals surface area contributed by atoms with Gasteiger partial charge in [0.1, 0.15) is 0 Å². The minimum absolute atomic E-state index is 0.0236. The highest BCUT2D eigenvalue weighted by molar-refractivity contribution is 5.91. The summed E-state index contributed by atoms with van der Waals surface area (Å²) in [6.07, 6.45) is 1.35. The quantitative estimate of drug-likeness (QED) is 0.525. The second-order valence-electron chi connectivity index (χ2n) is 5.48. The maximum absolute atomic E-state index is 13.7. The lowest BCUT2D eigenvalue weighted by Crippen LogP contribution is -2.23. The summed E-state index contributed by atoms with van der Waals surface area (Å²) in [5.41, 5.74) is 0.867. The van der Waals surface area contributed by atoms with Crippen molar-refractivity contribution >= 4 is 11.6 Å². The van der Waals surface area contributed by atoms with E-state index in [1.165, 1.54) is 48.3 Å². The number of benzene rings is 2. The highest BCUT2D eigenvalue weighted by atomic mass is 19.1. The number of nitrogens with one attached hydrogen (secondary N) is 1. The highest BCUT2D eigenvalue weighted by Gasteiger charge is 2.13. The summed E-state index contributed by atoms with van der Waals surface area (Å²) in [6, 6.07) is 10.1. The number of carbonyl (C=O) groups is 1. The third-order valence-corrected chi connectivity index (χ3v) is 3.70. The van der Waals surface area contributed by atoms with Gasteiger partial charge in [-0.2, -0.15) is 0 Å². The molecule has 0 unspecified atom stereocenters. The number of carbonyl (C=O) groups excluding carboxylic acids is 1. The fraction of sp³-hybridized carbons (Fsp3) is 0.118. The fourth-order valence-electron chi connectivity index (χ4n) is 2.34. The van der Waals surface area contributed by atoms with Crippen LogP contribution in [0.4, 0.5) is 10.1 Å². The van der Waals surface area contributed by atoms with Crippen LogP contribution in [0.1, 0.15) is 16.1 Å². The lowest BCUT2D eigenvalue weighted by molar-refractivity contribution is -0.384. The number of amides is 1. The molecule has 3 aromatic rings. The number of ether oxygens (including phenoxy) is 1. The van der Waals surface area contributed by atoms with Crippen molar-refractivity contribution < 1.29 is 18.8 Å². The van der Waals surface area contributed by atoms with Gasteiger partial charge in [-0.1, -0.05) is 17.3 Å². The van der Waals surface area contributed by atoms with Crippen molar-refractivity contribution in [3.05, 3.63) is 75.9 Å². The van der Waals surface area contributed by atoms with Gasteiger partial charge in [0.05, 0.1) is 23.9 Å². The number of nitro groups is 1. The Morgan fingerprint density at radius 2 is 2.15 bits per heavy atom. The molecule has 1 N–H and O–H groups in total. The molecule has 0 bridgehead atoms. The van der Waals surface area contributed by atoms with Gasteiger partial charge in [0, 0.05) is 18.7 Å². The van der Waals surface area contributed by atoms with Crippen LogP contribution in [0, 0.1) is 15.9 Å². The molecule has 9 nitrogen and oxygen atoms in total. The number of nitro benzene ring substituents is 1. The Morgan fingerprint density at radius 3 is 2.85 bits per heavy atom. The number of hydrogen-bond acceptors (Lipinski definition) is 6. The van der Waals surface area contributed by atoms with Gasteiger partial charge in [-0.3, -0.25) is 14.9 Å². The Hall–Kier alpha value is -3.82. The predicted molar refractivity (Wildman–Crippen MR) is 92.1 cm³/mol. The number of halogens is 1. The average molecular weight is 371 g/mol. The summed E-state index contributed by atoms with van der Waals surface area (Å²) < 4.78 is 19.8. The molecule has 3 rings (SSSR count). The first-order valence-electron chi connectivity index (χ1n) is 7.75. The van der Waals surface area contributed by atoms with Crippen LogP contribution < -0.4 is 10.1 Å². The minimum Gasteiger partial charge on any atom is -0.494 e. The van der Waals surface area contributed by atoms with E-state index in [9.17, 15) is 19.3 Å². The van der Waals surface area contributed by atoms with E-state index in [1.54, 1.807) is 12.1 Å². The van der Waals surface area contributed by atoms with Crippen molar-refractivity contribution in [2.24, 2.45) is 0 Å². The Balaban J connectivity index is 1.69. The van der Waals surface area contributed by atoms with Gasteiger partial charge in [-0.05, 0) is 23.8 Å². The molecule has 10 heteroatoms. The average Bonchev–Trinajstić information content (AvgIpc) is 3.16. The zero-order valence-corrected chi connectivity index (χ0v) is 14.1. The third-order valence-electron chi connectivity index (χ3n) is 3.70. The van der Waals surface area contributed by atoms with Gasteiger partial charge in [-0.25, -0.2) is 9.07 Å². The van der Waals surface area contributed by atoms with Crippen molar-refractivity contribution in [2.45, 2.75) is 6.54 Å². The number of rotatable bonds is 6. The number of non-ortho nitro benzene ring substituents is 1. The number of methoxy groups -OCH3 is 1. The maximum Gasteiger partial charge on any atom is 0.273 e. The molecule has 0 aliphatic carbocycles. The lowest BCUT2D eigenvalue weighted by atomic mass is 10.2. The molecule has 27 heavy (non-hydrogen) atoms. The Labute approximate surface area is 152 Å². The highest BCUT2D eigenvalue weighted by Crippen LogP contribution is 2.18. The van der Waals surface area contributed by atoms with E-state index in [1.807, 2.05) is 0 Å². The SMILES string of the molecule is COc1ccc(CNC(=O)c2cn(-c3cccc([N+](=O)[O-])c3)nn2)cc1F. The maximum atomic E-state index is 13.7. The molecule has 0 spiro atoms. The van der Waals surface area contributed by atoms with Crippen LogP contribution in [-0.2, 0) is 6.54 Å². The summed E-state index contributed by atoms with van der Waals surface area (Å²) in [5.74, 6) is -0.922. The van der Waals surface area contributed by atoms with E-state index < -0.39 is 16.6 Å². The van der Waals surface area contributed by atoms with Crippen LogP contribution in [0.2, 0.25) is 0 Å². The Morgan fingerprint density at radius 1 is 1.33 bits per heavy atom. The first-order valence-corrected chi connectivity index (χ1v) is 7.75. The van der Waals surface area contributed by atoms with E-state index >= 15 is 0 Å². The van der Waals surface area contributed by atoms with Crippen molar-refractivity contribution in [3.63, 3.8) is 0 Å². The minimum atomic E-state index is -0.527. The van der Waals surface area contributed by atoms with E-state index in [4.69, 9.17) is 4.74 Å². The summed E-state index contributed by atoms with van der Waals surface area (Å²) in [5, 5.41) is 21.0. The molecule has 1 aromatic heterocycles. The molecule has 2 aromatic carbocycles. The zero-order chi connectivity index (χ0) is 19.4. The van der Waals surface area contributed by atoms with Crippen LogP contribution in [-0.4, -0.2) is 32.9 Å². The summed E-state index contributed by atoms with van der Waals surface area (Å²) in [7, 11) is 1.37. The largest absolute Gasteiger partial charge is 0.494 e. The molecule has 0 aliphatic heterocycles. The number of hydrogen-bond donors (Lipinski definition) is 1. The molecule has 0 saturated heterocycles. The van der Waals surface area contributed by atoms with Crippen LogP contribution in [0.3, 0.4) is 0 Å². The molecule has 1 heterocycles. The molecule has 138 valence electrons. The van der Waals surface area contributed by atoms with Gasteiger partial charge in [0.2, 0.25) is 0 Å². The smallest absolute Gasteiger partial charge is 0.273 e. The summed E-state index contributed by atoms with van der Waals surface area (Å²) in [6.45, 7) is 0.0867. The van der Waals surface area contributed by atoms with Crippen molar-refractivity contribution in [1.29, 1.82) is 0 Å². The monoisotopic (exact) mass is 371 g/mol.